The molecule has 90 valence electrons. The topological polar surface area (TPSA) is 55.2 Å². The molecule has 0 saturated carbocycles. The fourth-order valence-corrected chi connectivity index (χ4v) is 1.94. The lowest BCUT2D eigenvalue weighted by Crippen LogP contribution is -2.46. The van der Waals surface area contributed by atoms with E-state index in [4.69, 9.17) is 4.74 Å². The van der Waals surface area contributed by atoms with Crippen molar-refractivity contribution in [2.75, 3.05) is 33.3 Å². The van der Waals surface area contributed by atoms with E-state index in [1.54, 1.807) is 6.33 Å². The van der Waals surface area contributed by atoms with Gasteiger partial charge in [0.1, 0.15) is 12.2 Å². The number of rotatable bonds is 4. The van der Waals surface area contributed by atoms with Gasteiger partial charge < -0.3 is 10.1 Å². The highest BCUT2D eigenvalue weighted by molar-refractivity contribution is 4.85. The quantitative estimate of drug-likeness (QED) is 0.729. The van der Waals surface area contributed by atoms with Crippen LogP contribution in [0.15, 0.2) is 6.33 Å². The molecule has 2 heterocycles. The second-order valence-corrected chi connectivity index (χ2v) is 4.09. The first-order valence-electron chi connectivity index (χ1n) is 5.61. The van der Waals surface area contributed by atoms with Crippen molar-refractivity contribution in [2.24, 2.45) is 7.05 Å². The van der Waals surface area contributed by atoms with Gasteiger partial charge in [0, 0.05) is 26.7 Å². The first kappa shape index (κ1) is 11.5. The third-order valence-corrected chi connectivity index (χ3v) is 2.82. The van der Waals surface area contributed by atoms with Crippen LogP contribution in [-0.2, 0) is 18.3 Å². The largest absolute Gasteiger partial charge is 0.374 e. The fourth-order valence-electron chi connectivity index (χ4n) is 1.94. The van der Waals surface area contributed by atoms with Crippen molar-refractivity contribution in [1.82, 2.24) is 25.0 Å². The highest BCUT2D eigenvalue weighted by Crippen LogP contribution is 2.07. The van der Waals surface area contributed by atoms with Gasteiger partial charge in [-0.3, -0.25) is 9.58 Å². The van der Waals surface area contributed by atoms with Crippen LogP contribution in [0.1, 0.15) is 5.82 Å². The van der Waals surface area contributed by atoms with Gasteiger partial charge in [0.15, 0.2) is 0 Å². The molecule has 1 unspecified atom stereocenters. The highest BCUT2D eigenvalue weighted by Gasteiger charge is 2.20. The third-order valence-electron chi connectivity index (χ3n) is 2.82. The van der Waals surface area contributed by atoms with E-state index in [1.807, 2.05) is 18.8 Å². The van der Waals surface area contributed by atoms with Crippen LogP contribution in [0.3, 0.4) is 0 Å². The third kappa shape index (κ3) is 2.78. The van der Waals surface area contributed by atoms with E-state index in [-0.39, 0.29) is 6.10 Å². The number of ether oxygens (including phenoxy) is 1. The summed E-state index contributed by atoms with van der Waals surface area (Å²) >= 11 is 0. The minimum absolute atomic E-state index is 0.284. The Morgan fingerprint density at radius 1 is 1.62 bits per heavy atom. The predicted octanol–water partition coefficient (Wildman–Crippen LogP) is -0.765. The normalized spacial score (nSPS) is 22.5. The number of nitrogens with one attached hydrogen (secondary N) is 1. The van der Waals surface area contributed by atoms with E-state index in [1.165, 1.54) is 0 Å². The van der Waals surface area contributed by atoms with Crippen LogP contribution >= 0.6 is 0 Å². The smallest absolute Gasteiger partial charge is 0.140 e. The molecular formula is C10H19N5O. The minimum atomic E-state index is 0.284. The summed E-state index contributed by atoms with van der Waals surface area (Å²) in [4.78, 5) is 6.59. The van der Waals surface area contributed by atoms with E-state index in [2.05, 4.69) is 20.3 Å². The molecule has 0 radical (unpaired) electrons. The number of hydrogen-bond acceptors (Lipinski definition) is 5. The van der Waals surface area contributed by atoms with E-state index in [9.17, 15) is 0 Å². The summed E-state index contributed by atoms with van der Waals surface area (Å²) in [6.45, 7) is 4.46. The SMILES string of the molecule is CNCC1CN(Cc2ncnn2C)CCO1. The summed E-state index contributed by atoms with van der Waals surface area (Å²) in [6.07, 6.45) is 1.88. The van der Waals surface area contributed by atoms with Gasteiger partial charge in [-0.15, -0.1) is 0 Å². The Balaban J connectivity index is 1.88. The molecule has 6 heteroatoms. The van der Waals surface area contributed by atoms with Crippen molar-refractivity contribution in [3.8, 4) is 0 Å². The molecule has 1 atom stereocenters. The summed E-state index contributed by atoms with van der Waals surface area (Å²) < 4.78 is 7.47. The van der Waals surface area contributed by atoms with E-state index in [0.29, 0.717) is 0 Å². The van der Waals surface area contributed by atoms with Crippen molar-refractivity contribution in [1.29, 1.82) is 0 Å². The van der Waals surface area contributed by atoms with Crippen LogP contribution in [0.2, 0.25) is 0 Å². The molecule has 1 aromatic heterocycles. The van der Waals surface area contributed by atoms with Gasteiger partial charge in [-0.2, -0.15) is 5.10 Å². The van der Waals surface area contributed by atoms with Crippen LogP contribution in [0.25, 0.3) is 0 Å². The predicted molar refractivity (Wildman–Crippen MR) is 59.9 cm³/mol. The molecule has 0 bridgehead atoms. The van der Waals surface area contributed by atoms with E-state index in [0.717, 1.165) is 38.6 Å². The molecule has 0 aromatic carbocycles. The van der Waals surface area contributed by atoms with Crippen molar-refractivity contribution in [2.45, 2.75) is 12.6 Å². The zero-order valence-corrected chi connectivity index (χ0v) is 9.89. The molecule has 1 aromatic rings. The summed E-state index contributed by atoms with van der Waals surface area (Å²) in [7, 11) is 3.87. The average Bonchev–Trinajstić information content (AvgIpc) is 2.66. The lowest BCUT2D eigenvalue weighted by Gasteiger charge is -2.32. The van der Waals surface area contributed by atoms with E-state index >= 15 is 0 Å². The minimum Gasteiger partial charge on any atom is -0.374 e. The molecule has 1 aliphatic rings. The molecule has 1 aliphatic heterocycles. The monoisotopic (exact) mass is 225 g/mol. The maximum Gasteiger partial charge on any atom is 0.140 e. The van der Waals surface area contributed by atoms with Crippen LogP contribution in [-0.4, -0.2) is 59.1 Å². The van der Waals surface area contributed by atoms with Crippen molar-refractivity contribution < 1.29 is 4.74 Å². The summed E-state index contributed by atoms with van der Waals surface area (Å²) in [5.41, 5.74) is 0. The molecule has 1 saturated heterocycles. The summed E-state index contributed by atoms with van der Waals surface area (Å²) in [5, 5.41) is 7.22. The Bertz CT molecular complexity index is 325. The number of aromatic nitrogens is 3. The summed E-state index contributed by atoms with van der Waals surface area (Å²) in [6, 6.07) is 0. The van der Waals surface area contributed by atoms with Crippen LogP contribution in [0, 0.1) is 0 Å². The van der Waals surface area contributed by atoms with Gasteiger partial charge in [-0.25, -0.2) is 4.98 Å². The Morgan fingerprint density at radius 2 is 2.50 bits per heavy atom. The molecule has 1 fully saturated rings. The molecule has 1 N–H and O–H groups in total. The zero-order valence-electron chi connectivity index (χ0n) is 9.89. The number of aryl methyl sites for hydroxylation is 1. The number of likely N-dealkylation sites (N-methyl/N-ethyl adjacent to an activating group) is 1. The molecule has 0 spiro atoms. The Morgan fingerprint density at radius 3 is 3.19 bits per heavy atom. The first-order chi connectivity index (χ1) is 7.79. The van der Waals surface area contributed by atoms with E-state index < -0.39 is 0 Å². The van der Waals surface area contributed by atoms with Gasteiger partial charge in [0.25, 0.3) is 0 Å². The maximum absolute atomic E-state index is 5.65. The average molecular weight is 225 g/mol. The van der Waals surface area contributed by atoms with Gasteiger partial charge >= 0.3 is 0 Å². The second-order valence-electron chi connectivity index (χ2n) is 4.09. The van der Waals surface area contributed by atoms with Crippen molar-refractivity contribution >= 4 is 0 Å². The first-order valence-corrected chi connectivity index (χ1v) is 5.61. The zero-order chi connectivity index (χ0) is 11.4. The lowest BCUT2D eigenvalue weighted by atomic mass is 10.2. The van der Waals surface area contributed by atoms with Crippen molar-refractivity contribution in [3.63, 3.8) is 0 Å². The number of hydrogen-bond donors (Lipinski definition) is 1. The maximum atomic E-state index is 5.65. The van der Waals surface area contributed by atoms with Crippen LogP contribution in [0.4, 0.5) is 0 Å². The Hall–Kier alpha value is -0.980. The number of nitrogens with zero attached hydrogens (tertiary/aromatic N) is 4. The van der Waals surface area contributed by atoms with Gasteiger partial charge in [-0.1, -0.05) is 0 Å². The van der Waals surface area contributed by atoms with Crippen molar-refractivity contribution in [3.05, 3.63) is 12.2 Å². The van der Waals surface area contributed by atoms with Crippen LogP contribution in [0.5, 0.6) is 0 Å². The van der Waals surface area contributed by atoms with Gasteiger partial charge in [-0.05, 0) is 7.05 Å². The molecule has 0 amide bonds. The molecule has 2 rings (SSSR count). The van der Waals surface area contributed by atoms with Gasteiger partial charge in [0.2, 0.25) is 0 Å². The molecular weight excluding hydrogens is 206 g/mol. The second kappa shape index (κ2) is 5.38. The summed E-state index contributed by atoms with van der Waals surface area (Å²) in [5.74, 6) is 1.00. The van der Waals surface area contributed by atoms with Crippen LogP contribution < -0.4 is 5.32 Å². The lowest BCUT2D eigenvalue weighted by molar-refractivity contribution is -0.0301. The highest BCUT2D eigenvalue weighted by atomic mass is 16.5. The fraction of sp³-hybridized carbons (Fsp3) is 0.800. The number of morpholine rings is 1. The Labute approximate surface area is 95.6 Å². The molecule has 0 aliphatic carbocycles. The molecule has 16 heavy (non-hydrogen) atoms. The standard InChI is InChI=1S/C10H19N5O/c1-11-5-9-6-15(3-4-16-9)7-10-12-8-13-14(10)2/h8-9,11H,3-7H2,1-2H3. The Kier molecular flexibility index (Phi) is 3.87. The van der Waals surface area contributed by atoms with Gasteiger partial charge in [0.05, 0.1) is 19.3 Å². The molecule has 6 nitrogen and oxygen atoms in total.